The number of fused-ring (bicyclic) bond motifs is 1. The zero-order chi connectivity index (χ0) is 13.0. The van der Waals surface area contributed by atoms with Crippen molar-refractivity contribution in [3.63, 3.8) is 0 Å². The zero-order valence-electron chi connectivity index (χ0n) is 11.0. The Labute approximate surface area is 107 Å². The van der Waals surface area contributed by atoms with Crippen molar-refractivity contribution in [2.75, 3.05) is 18.0 Å². The molecule has 2 N–H and O–H groups in total. The third-order valence-electron chi connectivity index (χ3n) is 3.22. The molecule has 2 aromatic heterocycles. The van der Waals surface area contributed by atoms with Gasteiger partial charge in [-0.05, 0) is 12.8 Å². The molecule has 0 unspecified atom stereocenters. The van der Waals surface area contributed by atoms with Crippen molar-refractivity contribution >= 4 is 11.5 Å². The molecule has 0 saturated heterocycles. The smallest absolute Gasteiger partial charge is 0.203 e. The van der Waals surface area contributed by atoms with Crippen molar-refractivity contribution in [3.8, 4) is 0 Å². The molecule has 2 aromatic rings. The molecule has 0 aliphatic carbocycles. The number of rotatable bonds is 6. The first-order chi connectivity index (χ1) is 8.81. The summed E-state index contributed by atoms with van der Waals surface area (Å²) in [6.07, 6.45) is 7.44. The van der Waals surface area contributed by atoms with Gasteiger partial charge >= 0.3 is 0 Å². The molecule has 6 heteroatoms. The fourth-order valence-corrected chi connectivity index (χ4v) is 2.28. The van der Waals surface area contributed by atoms with Crippen LogP contribution in [0.2, 0.25) is 0 Å². The van der Waals surface area contributed by atoms with Crippen LogP contribution in [0.15, 0.2) is 18.7 Å². The lowest BCUT2D eigenvalue weighted by molar-refractivity contribution is 0.554. The topological polar surface area (TPSA) is 72.3 Å². The van der Waals surface area contributed by atoms with E-state index in [-0.39, 0.29) is 0 Å². The molecule has 0 aliphatic rings. The van der Waals surface area contributed by atoms with E-state index in [4.69, 9.17) is 5.73 Å². The highest BCUT2D eigenvalue weighted by atomic mass is 15.3. The second kappa shape index (κ2) is 5.77. The van der Waals surface area contributed by atoms with Crippen LogP contribution in [0, 0.1) is 0 Å². The lowest BCUT2D eigenvalue weighted by atomic mass is 10.1. The van der Waals surface area contributed by atoms with Gasteiger partial charge in [0.15, 0.2) is 5.82 Å². The molecule has 0 atom stereocenters. The van der Waals surface area contributed by atoms with E-state index in [0.717, 1.165) is 30.9 Å². The average molecular weight is 248 g/mol. The summed E-state index contributed by atoms with van der Waals surface area (Å²) in [5, 5.41) is 8.07. The summed E-state index contributed by atoms with van der Waals surface area (Å²) < 4.78 is 1.88. The number of aromatic nitrogens is 4. The quantitative estimate of drug-likeness (QED) is 0.828. The van der Waals surface area contributed by atoms with Crippen LogP contribution in [-0.2, 0) is 0 Å². The van der Waals surface area contributed by atoms with Crippen LogP contribution in [0.3, 0.4) is 0 Å². The minimum atomic E-state index is 0.434. The summed E-state index contributed by atoms with van der Waals surface area (Å²) in [5.74, 6) is 0.870. The average Bonchev–Trinajstić information content (AvgIpc) is 2.87. The van der Waals surface area contributed by atoms with Gasteiger partial charge in [0, 0.05) is 31.5 Å². The molecule has 0 bridgehead atoms. The summed E-state index contributed by atoms with van der Waals surface area (Å²) in [7, 11) is 0. The van der Waals surface area contributed by atoms with E-state index in [0.29, 0.717) is 12.6 Å². The van der Waals surface area contributed by atoms with Crippen LogP contribution in [0.1, 0.15) is 26.7 Å². The van der Waals surface area contributed by atoms with Gasteiger partial charge in [-0.1, -0.05) is 13.8 Å². The monoisotopic (exact) mass is 248 g/mol. The van der Waals surface area contributed by atoms with Crippen molar-refractivity contribution in [1.82, 2.24) is 19.6 Å². The van der Waals surface area contributed by atoms with Gasteiger partial charge in [0.2, 0.25) is 5.65 Å². The Hall–Kier alpha value is -1.69. The van der Waals surface area contributed by atoms with Crippen LogP contribution in [0.5, 0.6) is 0 Å². The van der Waals surface area contributed by atoms with Gasteiger partial charge in [-0.15, -0.1) is 10.2 Å². The van der Waals surface area contributed by atoms with Gasteiger partial charge in [-0.25, -0.2) is 4.98 Å². The molecule has 0 saturated carbocycles. The summed E-state index contributed by atoms with van der Waals surface area (Å²) >= 11 is 0. The SMILES string of the molecule is CCC(CC)N(CCN)c1nccn2cnnc12. The number of nitrogens with zero attached hydrogens (tertiary/aromatic N) is 5. The number of hydrogen-bond donors (Lipinski definition) is 1. The predicted octanol–water partition coefficient (Wildman–Crippen LogP) is 1.08. The largest absolute Gasteiger partial charge is 0.349 e. The number of anilines is 1. The Morgan fingerprint density at radius 1 is 1.39 bits per heavy atom. The Kier molecular flexibility index (Phi) is 4.09. The standard InChI is InChI=1S/C12H20N6/c1-3-10(4-2)18(7-5-13)11-12-16-15-9-17(12)8-6-14-11/h6,8-10H,3-5,7,13H2,1-2H3. The molecule has 2 rings (SSSR count). The molecule has 0 aliphatic heterocycles. The van der Waals surface area contributed by atoms with E-state index in [1.54, 1.807) is 12.5 Å². The zero-order valence-corrected chi connectivity index (χ0v) is 11.0. The summed E-state index contributed by atoms with van der Waals surface area (Å²) in [6.45, 7) is 5.75. The Balaban J connectivity index is 2.43. The second-order valence-corrected chi connectivity index (χ2v) is 4.27. The first-order valence-corrected chi connectivity index (χ1v) is 6.42. The molecule has 0 fully saturated rings. The minimum absolute atomic E-state index is 0.434. The fourth-order valence-electron chi connectivity index (χ4n) is 2.28. The van der Waals surface area contributed by atoms with Crippen molar-refractivity contribution in [3.05, 3.63) is 18.7 Å². The number of hydrogen-bond acceptors (Lipinski definition) is 5. The van der Waals surface area contributed by atoms with Crippen molar-refractivity contribution < 1.29 is 0 Å². The van der Waals surface area contributed by atoms with Crippen LogP contribution < -0.4 is 10.6 Å². The van der Waals surface area contributed by atoms with Crippen LogP contribution in [-0.4, -0.2) is 38.7 Å². The molecule has 0 amide bonds. The highest BCUT2D eigenvalue weighted by molar-refractivity contribution is 5.63. The van der Waals surface area contributed by atoms with Gasteiger partial charge in [-0.2, -0.15) is 0 Å². The molecule has 98 valence electrons. The lowest BCUT2D eigenvalue weighted by Crippen LogP contribution is -2.39. The van der Waals surface area contributed by atoms with E-state index in [9.17, 15) is 0 Å². The highest BCUT2D eigenvalue weighted by Crippen LogP contribution is 2.21. The third kappa shape index (κ3) is 2.28. The molecule has 2 heterocycles. The first-order valence-electron chi connectivity index (χ1n) is 6.42. The van der Waals surface area contributed by atoms with E-state index < -0.39 is 0 Å². The van der Waals surface area contributed by atoms with E-state index in [1.165, 1.54) is 0 Å². The summed E-state index contributed by atoms with van der Waals surface area (Å²) in [4.78, 5) is 6.70. The predicted molar refractivity (Wildman–Crippen MR) is 71.6 cm³/mol. The van der Waals surface area contributed by atoms with Gasteiger partial charge < -0.3 is 10.6 Å². The van der Waals surface area contributed by atoms with Crippen molar-refractivity contribution in [1.29, 1.82) is 0 Å². The fraction of sp³-hybridized carbons (Fsp3) is 0.583. The van der Waals surface area contributed by atoms with Crippen molar-refractivity contribution in [2.45, 2.75) is 32.7 Å². The van der Waals surface area contributed by atoms with E-state index in [2.05, 4.69) is 33.9 Å². The Morgan fingerprint density at radius 2 is 2.17 bits per heavy atom. The second-order valence-electron chi connectivity index (χ2n) is 4.27. The van der Waals surface area contributed by atoms with Gasteiger partial charge in [0.1, 0.15) is 6.33 Å². The minimum Gasteiger partial charge on any atom is -0.349 e. The lowest BCUT2D eigenvalue weighted by Gasteiger charge is -2.31. The van der Waals surface area contributed by atoms with Gasteiger partial charge in [0.25, 0.3) is 0 Å². The molecular formula is C12H20N6. The first kappa shape index (κ1) is 12.8. The highest BCUT2D eigenvalue weighted by Gasteiger charge is 2.19. The third-order valence-corrected chi connectivity index (χ3v) is 3.22. The van der Waals surface area contributed by atoms with Crippen LogP contribution >= 0.6 is 0 Å². The van der Waals surface area contributed by atoms with Gasteiger partial charge in [-0.3, -0.25) is 4.40 Å². The maximum absolute atomic E-state index is 5.72. The summed E-state index contributed by atoms with van der Waals surface area (Å²) in [6, 6.07) is 0.434. The Bertz CT molecular complexity index is 490. The molecule has 0 radical (unpaired) electrons. The molecule has 6 nitrogen and oxygen atoms in total. The number of nitrogens with two attached hydrogens (primary N) is 1. The molecular weight excluding hydrogens is 228 g/mol. The Morgan fingerprint density at radius 3 is 2.83 bits per heavy atom. The van der Waals surface area contributed by atoms with E-state index in [1.807, 2.05) is 10.6 Å². The molecule has 0 spiro atoms. The van der Waals surface area contributed by atoms with E-state index >= 15 is 0 Å². The maximum atomic E-state index is 5.72. The normalized spacial score (nSPS) is 11.3. The van der Waals surface area contributed by atoms with Crippen molar-refractivity contribution in [2.24, 2.45) is 5.73 Å². The molecule has 18 heavy (non-hydrogen) atoms. The van der Waals surface area contributed by atoms with Crippen LogP contribution in [0.4, 0.5) is 5.82 Å². The van der Waals surface area contributed by atoms with Gasteiger partial charge in [0.05, 0.1) is 0 Å². The summed E-state index contributed by atoms with van der Waals surface area (Å²) in [5.41, 5.74) is 6.51. The molecule has 0 aromatic carbocycles. The van der Waals surface area contributed by atoms with Crippen LogP contribution in [0.25, 0.3) is 5.65 Å². The maximum Gasteiger partial charge on any atom is 0.203 e.